The molecular formula is C7H6Cl2N2O3S2. The lowest BCUT2D eigenvalue weighted by Crippen LogP contribution is -2.26. The van der Waals surface area contributed by atoms with Crippen LogP contribution >= 0.6 is 33.6 Å². The van der Waals surface area contributed by atoms with Crippen LogP contribution in [0.5, 0.6) is 0 Å². The third-order valence-corrected chi connectivity index (χ3v) is 5.19. The van der Waals surface area contributed by atoms with Crippen LogP contribution in [0.4, 0.5) is 5.13 Å². The van der Waals surface area contributed by atoms with Gasteiger partial charge in [-0.25, -0.2) is 13.4 Å². The van der Waals surface area contributed by atoms with E-state index in [4.69, 9.17) is 22.3 Å². The van der Waals surface area contributed by atoms with Gasteiger partial charge in [0.05, 0.1) is 6.20 Å². The Morgan fingerprint density at radius 1 is 1.56 bits per heavy atom. The van der Waals surface area contributed by atoms with Crippen LogP contribution in [0.25, 0.3) is 0 Å². The number of nitrogens with zero attached hydrogens (tertiary/aromatic N) is 2. The van der Waals surface area contributed by atoms with Crippen molar-refractivity contribution in [2.75, 3.05) is 11.4 Å². The van der Waals surface area contributed by atoms with Crippen LogP contribution in [0.3, 0.4) is 0 Å². The van der Waals surface area contributed by atoms with Crippen molar-refractivity contribution < 1.29 is 13.2 Å². The van der Waals surface area contributed by atoms with E-state index in [2.05, 4.69) is 4.98 Å². The minimum Gasteiger partial charge on any atom is -0.287 e. The van der Waals surface area contributed by atoms with E-state index in [1.165, 1.54) is 11.1 Å². The molecule has 0 aromatic carbocycles. The molecule has 1 saturated heterocycles. The zero-order chi connectivity index (χ0) is 11.9. The molecule has 16 heavy (non-hydrogen) atoms. The van der Waals surface area contributed by atoms with Crippen molar-refractivity contribution in [1.29, 1.82) is 0 Å². The van der Waals surface area contributed by atoms with Gasteiger partial charge in [-0.3, -0.25) is 9.69 Å². The Hall–Kier alpha value is -0.370. The third kappa shape index (κ3) is 2.32. The number of thiazole rings is 1. The van der Waals surface area contributed by atoms with Crippen LogP contribution < -0.4 is 4.90 Å². The minimum atomic E-state index is -3.72. The van der Waals surface area contributed by atoms with Gasteiger partial charge in [0.2, 0.25) is 15.0 Å². The number of hydrogen-bond acceptors (Lipinski definition) is 5. The molecule has 1 atom stereocenters. The second-order valence-electron chi connectivity index (χ2n) is 3.25. The maximum atomic E-state index is 11.6. The molecule has 1 aromatic rings. The highest BCUT2D eigenvalue weighted by Crippen LogP contribution is 2.31. The van der Waals surface area contributed by atoms with Crippen LogP contribution in [0.15, 0.2) is 6.20 Å². The van der Waals surface area contributed by atoms with Gasteiger partial charge in [-0.05, 0) is 0 Å². The molecular weight excluding hydrogens is 295 g/mol. The van der Waals surface area contributed by atoms with Crippen LogP contribution in [0, 0.1) is 0 Å². The molecule has 88 valence electrons. The molecule has 1 unspecified atom stereocenters. The molecule has 1 aliphatic heterocycles. The maximum absolute atomic E-state index is 11.6. The van der Waals surface area contributed by atoms with E-state index in [0.717, 1.165) is 11.3 Å². The molecule has 5 nitrogen and oxygen atoms in total. The van der Waals surface area contributed by atoms with Crippen molar-refractivity contribution in [3.05, 3.63) is 10.5 Å². The predicted octanol–water partition coefficient (Wildman–Crippen LogP) is 1.47. The van der Waals surface area contributed by atoms with E-state index in [9.17, 15) is 13.2 Å². The van der Waals surface area contributed by atoms with E-state index in [-0.39, 0.29) is 18.9 Å². The third-order valence-electron chi connectivity index (χ3n) is 2.18. The van der Waals surface area contributed by atoms with Crippen molar-refractivity contribution in [1.82, 2.24) is 4.98 Å². The van der Waals surface area contributed by atoms with Crippen LogP contribution in [-0.4, -0.2) is 31.1 Å². The van der Waals surface area contributed by atoms with Crippen molar-refractivity contribution in [2.24, 2.45) is 0 Å². The fraction of sp³-hybridized carbons (Fsp3) is 0.429. The molecule has 9 heteroatoms. The summed E-state index contributed by atoms with van der Waals surface area (Å²) in [6.07, 6.45) is 1.31. The van der Waals surface area contributed by atoms with Crippen LogP contribution in [-0.2, 0) is 13.8 Å². The molecule has 0 radical (unpaired) electrons. The summed E-state index contributed by atoms with van der Waals surface area (Å²) in [6.45, 7) is 0.0362. The van der Waals surface area contributed by atoms with Crippen molar-refractivity contribution in [3.8, 4) is 0 Å². The van der Waals surface area contributed by atoms with E-state index >= 15 is 0 Å². The Morgan fingerprint density at radius 2 is 2.25 bits per heavy atom. The topological polar surface area (TPSA) is 67.3 Å². The molecule has 2 heterocycles. The summed E-state index contributed by atoms with van der Waals surface area (Å²) < 4.78 is 22.7. The summed E-state index contributed by atoms with van der Waals surface area (Å²) in [6, 6.07) is 0. The van der Waals surface area contributed by atoms with Crippen molar-refractivity contribution in [2.45, 2.75) is 11.7 Å². The van der Waals surface area contributed by atoms with Gasteiger partial charge in [0.25, 0.3) is 0 Å². The molecule has 1 fully saturated rings. The quantitative estimate of drug-likeness (QED) is 0.776. The van der Waals surface area contributed by atoms with Gasteiger partial charge in [0, 0.05) is 23.6 Å². The van der Waals surface area contributed by atoms with Gasteiger partial charge in [0.1, 0.15) is 9.59 Å². The highest BCUT2D eigenvalue weighted by Gasteiger charge is 2.39. The predicted molar refractivity (Wildman–Crippen MR) is 62.7 cm³/mol. The average Bonchev–Trinajstić information content (AvgIpc) is 2.70. The first-order chi connectivity index (χ1) is 7.38. The van der Waals surface area contributed by atoms with Crippen molar-refractivity contribution in [3.63, 3.8) is 0 Å². The summed E-state index contributed by atoms with van der Waals surface area (Å²) in [5.41, 5.74) is 0. The molecule has 1 aromatic heterocycles. The van der Waals surface area contributed by atoms with E-state index < -0.39 is 14.3 Å². The molecule has 0 N–H and O–H groups in total. The molecule has 0 saturated carbocycles. The van der Waals surface area contributed by atoms with E-state index in [1.54, 1.807) is 0 Å². The minimum absolute atomic E-state index is 0.0362. The molecule has 2 rings (SSSR count). The Balaban J connectivity index is 2.24. The maximum Gasteiger partial charge on any atom is 0.237 e. The van der Waals surface area contributed by atoms with E-state index in [1.807, 2.05) is 0 Å². The van der Waals surface area contributed by atoms with Gasteiger partial charge >= 0.3 is 0 Å². The van der Waals surface area contributed by atoms with Gasteiger partial charge < -0.3 is 0 Å². The summed E-state index contributed by atoms with van der Waals surface area (Å²) in [5, 5.41) is -0.470. The fourth-order valence-electron chi connectivity index (χ4n) is 1.42. The zero-order valence-corrected chi connectivity index (χ0v) is 10.9. The fourth-order valence-corrected chi connectivity index (χ4v) is 3.37. The smallest absolute Gasteiger partial charge is 0.237 e. The number of halogens is 2. The molecule has 0 bridgehead atoms. The van der Waals surface area contributed by atoms with Crippen LogP contribution in [0.2, 0.25) is 4.34 Å². The number of amides is 1. The first kappa shape index (κ1) is 12.1. The lowest BCUT2D eigenvalue weighted by Gasteiger charge is -2.11. The van der Waals surface area contributed by atoms with E-state index in [0.29, 0.717) is 9.47 Å². The Kier molecular flexibility index (Phi) is 3.13. The Morgan fingerprint density at radius 3 is 2.69 bits per heavy atom. The summed E-state index contributed by atoms with van der Waals surface area (Å²) in [5.74, 6) is -0.305. The monoisotopic (exact) mass is 300 g/mol. The Bertz CT molecular complexity index is 527. The molecule has 0 spiro atoms. The second-order valence-corrected chi connectivity index (χ2v) is 7.80. The van der Waals surface area contributed by atoms with Crippen LogP contribution in [0.1, 0.15) is 6.42 Å². The normalized spacial score (nSPS) is 21.8. The Labute approximate surface area is 105 Å². The second kappa shape index (κ2) is 4.14. The zero-order valence-electron chi connectivity index (χ0n) is 7.76. The number of aromatic nitrogens is 1. The first-order valence-electron chi connectivity index (χ1n) is 4.23. The largest absolute Gasteiger partial charge is 0.287 e. The van der Waals surface area contributed by atoms with Crippen molar-refractivity contribution >= 4 is 53.7 Å². The highest BCUT2D eigenvalue weighted by atomic mass is 35.7. The SMILES string of the molecule is O=C1CC(S(=O)(=O)Cl)CN1c1ncc(Cl)s1. The molecule has 1 amide bonds. The average molecular weight is 301 g/mol. The number of hydrogen-bond donors (Lipinski definition) is 0. The number of rotatable bonds is 2. The van der Waals surface area contributed by atoms with Gasteiger partial charge in [0.15, 0.2) is 5.13 Å². The molecule has 1 aliphatic rings. The number of carbonyl (C=O) groups is 1. The summed E-state index contributed by atoms with van der Waals surface area (Å²) >= 11 is 6.81. The number of anilines is 1. The lowest BCUT2D eigenvalue weighted by molar-refractivity contribution is -0.117. The summed E-state index contributed by atoms with van der Waals surface area (Å²) in [7, 11) is 1.50. The first-order valence-corrected chi connectivity index (χ1v) is 7.80. The highest BCUT2D eigenvalue weighted by molar-refractivity contribution is 8.14. The molecule has 0 aliphatic carbocycles. The standard InChI is InChI=1S/C7H6Cl2N2O3S2/c8-5-2-10-7(15-5)11-3-4(1-6(11)12)16(9,13)14/h2,4H,1,3H2. The van der Waals surface area contributed by atoms with Gasteiger partial charge in [-0.15, -0.1) is 0 Å². The summed E-state index contributed by atoms with van der Waals surface area (Å²) in [4.78, 5) is 16.8. The lowest BCUT2D eigenvalue weighted by atomic mass is 10.4. The van der Waals surface area contributed by atoms with Gasteiger partial charge in [-0.1, -0.05) is 22.9 Å². The number of carbonyl (C=O) groups excluding carboxylic acids is 1. The van der Waals surface area contributed by atoms with Gasteiger partial charge in [-0.2, -0.15) is 0 Å².